The molecule has 1 amide bonds. The van der Waals surface area contributed by atoms with Gasteiger partial charge in [-0.25, -0.2) is 4.79 Å². The first-order chi connectivity index (χ1) is 11.0. The molecule has 2 aromatic rings. The number of nitrogens with one attached hydrogen (secondary N) is 3. The van der Waals surface area contributed by atoms with E-state index in [1.54, 1.807) is 0 Å². The van der Waals surface area contributed by atoms with E-state index in [1.165, 1.54) is 11.1 Å². The van der Waals surface area contributed by atoms with Gasteiger partial charge in [-0.05, 0) is 37.3 Å². The van der Waals surface area contributed by atoms with Crippen molar-refractivity contribution in [3.8, 4) is 0 Å². The molecular formula is C16H18N4O3. The van der Waals surface area contributed by atoms with Crippen molar-refractivity contribution in [2.24, 2.45) is 0 Å². The third-order valence-corrected chi connectivity index (χ3v) is 4.12. The van der Waals surface area contributed by atoms with Crippen molar-refractivity contribution in [3.63, 3.8) is 0 Å². The number of carbonyl (C=O) groups excluding carboxylic acids is 1. The highest BCUT2D eigenvalue weighted by Crippen LogP contribution is 2.30. The lowest BCUT2D eigenvalue weighted by Gasteiger charge is -2.26. The van der Waals surface area contributed by atoms with Gasteiger partial charge in [-0.1, -0.05) is 23.8 Å². The maximum atomic E-state index is 12.4. The van der Waals surface area contributed by atoms with Crippen LogP contribution in [0.2, 0.25) is 0 Å². The lowest BCUT2D eigenvalue weighted by molar-refractivity contribution is 0.0928. The SMILES string of the molecule is Cc1ccc2c(c1)CCC[C@@H]2NC(=O)c1[nH]c(=O)[nH]c(=O)c1N. The number of amides is 1. The molecule has 0 fully saturated rings. The Bertz CT molecular complexity index is 882. The fourth-order valence-corrected chi connectivity index (χ4v) is 3.00. The van der Waals surface area contributed by atoms with Crippen LogP contribution in [0.25, 0.3) is 0 Å². The number of fused-ring (bicyclic) bond motifs is 1. The highest BCUT2D eigenvalue weighted by Gasteiger charge is 2.24. The quantitative estimate of drug-likeness (QED) is 0.654. The van der Waals surface area contributed by atoms with Gasteiger partial charge in [0.15, 0.2) is 0 Å². The molecule has 0 radical (unpaired) electrons. The van der Waals surface area contributed by atoms with Crippen LogP contribution < -0.4 is 22.3 Å². The molecule has 0 spiro atoms. The van der Waals surface area contributed by atoms with E-state index in [4.69, 9.17) is 5.73 Å². The summed E-state index contributed by atoms with van der Waals surface area (Å²) in [5.74, 6) is -0.552. The van der Waals surface area contributed by atoms with E-state index >= 15 is 0 Å². The summed E-state index contributed by atoms with van der Waals surface area (Å²) in [5.41, 5.74) is 7.06. The van der Waals surface area contributed by atoms with Gasteiger partial charge in [0, 0.05) is 0 Å². The molecule has 0 bridgehead atoms. The summed E-state index contributed by atoms with van der Waals surface area (Å²) < 4.78 is 0. The van der Waals surface area contributed by atoms with E-state index in [-0.39, 0.29) is 17.4 Å². The van der Waals surface area contributed by atoms with Gasteiger partial charge in [-0.2, -0.15) is 0 Å². The minimum absolute atomic E-state index is 0.158. The number of anilines is 1. The van der Waals surface area contributed by atoms with Crippen molar-refractivity contribution in [2.75, 3.05) is 5.73 Å². The number of benzene rings is 1. The third kappa shape index (κ3) is 2.90. The van der Waals surface area contributed by atoms with Gasteiger partial charge in [0.2, 0.25) is 0 Å². The van der Waals surface area contributed by atoms with Crippen molar-refractivity contribution in [3.05, 3.63) is 61.4 Å². The van der Waals surface area contributed by atoms with E-state index in [0.717, 1.165) is 24.8 Å². The summed E-state index contributed by atoms with van der Waals surface area (Å²) in [5, 5.41) is 2.86. The van der Waals surface area contributed by atoms with Crippen LogP contribution in [0.15, 0.2) is 27.8 Å². The van der Waals surface area contributed by atoms with Crippen LogP contribution in [-0.4, -0.2) is 15.9 Å². The molecule has 23 heavy (non-hydrogen) atoms. The number of aromatic amines is 2. The maximum Gasteiger partial charge on any atom is 0.326 e. The Balaban J connectivity index is 1.91. The first-order valence-corrected chi connectivity index (χ1v) is 7.48. The van der Waals surface area contributed by atoms with Gasteiger partial charge in [0.25, 0.3) is 11.5 Å². The van der Waals surface area contributed by atoms with E-state index < -0.39 is 17.2 Å². The van der Waals surface area contributed by atoms with Crippen LogP contribution in [0.5, 0.6) is 0 Å². The zero-order valence-electron chi connectivity index (χ0n) is 12.7. The molecule has 7 heteroatoms. The summed E-state index contributed by atoms with van der Waals surface area (Å²) >= 11 is 0. The van der Waals surface area contributed by atoms with Crippen molar-refractivity contribution < 1.29 is 4.79 Å². The number of aryl methyl sites for hydroxylation is 2. The molecule has 1 aromatic carbocycles. The third-order valence-electron chi connectivity index (χ3n) is 4.12. The van der Waals surface area contributed by atoms with Crippen LogP contribution in [0.1, 0.15) is 46.1 Å². The Morgan fingerprint density at radius 1 is 1.30 bits per heavy atom. The van der Waals surface area contributed by atoms with Crippen molar-refractivity contribution in [1.82, 2.24) is 15.3 Å². The highest BCUT2D eigenvalue weighted by molar-refractivity contribution is 5.97. The van der Waals surface area contributed by atoms with Gasteiger partial charge < -0.3 is 16.0 Å². The predicted octanol–water partition coefficient (Wildman–Crippen LogP) is 0.761. The first-order valence-electron chi connectivity index (χ1n) is 7.48. The number of rotatable bonds is 2. The van der Waals surface area contributed by atoms with E-state index in [0.29, 0.717) is 0 Å². The molecule has 0 saturated carbocycles. The Kier molecular flexibility index (Phi) is 3.77. The lowest BCUT2D eigenvalue weighted by atomic mass is 9.86. The fraction of sp³-hybridized carbons (Fsp3) is 0.312. The van der Waals surface area contributed by atoms with Crippen molar-refractivity contribution >= 4 is 11.6 Å². The van der Waals surface area contributed by atoms with Crippen LogP contribution >= 0.6 is 0 Å². The molecule has 0 aliphatic heterocycles. The zero-order chi connectivity index (χ0) is 16.6. The smallest absolute Gasteiger partial charge is 0.326 e. The number of aromatic nitrogens is 2. The number of hydrogen-bond donors (Lipinski definition) is 4. The normalized spacial score (nSPS) is 16.7. The molecule has 0 saturated heterocycles. The number of carbonyl (C=O) groups is 1. The second-order valence-electron chi connectivity index (χ2n) is 5.82. The van der Waals surface area contributed by atoms with Gasteiger partial charge >= 0.3 is 5.69 Å². The molecule has 7 nitrogen and oxygen atoms in total. The Hall–Kier alpha value is -2.83. The molecular weight excluding hydrogens is 296 g/mol. The number of H-pyrrole nitrogens is 2. The average Bonchev–Trinajstić information content (AvgIpc) is 2.50. The highest BCUT2D eigenvalue weighted by atomic mass is 16.2. The Morgan fingerprint density at radius 2 is 2.09 bits per heavy atom. The van der Waals surface area contributed by atoms with E-state index in [2.05, 4.69) is 16.4 Å². The zero-order valence-corrected chi connectivity index (χ0v) is 12.7. The summed E-state index contributed by atoms with van der Waals surface area (Å²) in [6, 6.07) is 5.98. The molecule has 1 atom stereocenters. The summed E-state index contributed by atoms with van der Waals surface area (Å²) in [7, 11) is 0. The minimum atomic E-state index is -0.765. The monoisotopic (exact) mass is 314 g/mol. The first kappa shape index (κ1) is 15.1. The van der Waals surface area contributed by atoms with Gasteiger partial charge in [-0.3, -0.25) is 14.6 Å². The molecule has 3 rings (SSSR count). The fourth-order valence-electron chi connectivity index (χ4n) is 3.00. The standard InChI is InChI=1S/C16H18N4O3/c1-8-5-6-10-9(7-8)3-2-4-11(10)18-15(22)13-12(17)14(21)20-16(23)19-13/h5-7,11H,2-4,17H2,1H3,(H,18,22)(H2,19,20,21,23)/t11-/m0/s1. The molecule has 1 aliphatic carbocycles. The van der Waals surface area contributed by atoms with Crippen LogP contribution in [-0.2, 0) is 6.42 Å². The maximum absolute atomic E-state index is 12.4. The minimum Gasteiger partial charge on any atom is -0.392 e. The lowest BCUT2D eigenvalue weighted by Crippen LogP contribution is -2.36. The van der Waals surface area contributed by atoms with Gasteiger partial charge in [-0.15, -0.1) is 0 Å². The number of hydrogen-bond acceptors (Lipinski definition) is 4. The molecule has 120 valence electrons. The van der Waals surface area contributed by atoms with Crippen LogP contribution in [0.4, 0.5) is 5.69 Å². The average molecular weight is 314 g/mol. The molecule has 1 aliphatic rings. The largest absolute Gasteiger partial charge is 0.392 e. The Morgan fingerprint density at radius 3 is 2.87 bits per heavy atom. The number of nitrogen functional groups attached to an aromatic ring is 1. The molecule has 0 unspecified atom stereocenters. The topological polar surface area (TPSA) is 121 Å². The van der Waals surface area contributed by atoms with Crippen molar-refractivity contribution in [1.29, 1.82) is 0 Å². The van der Waals surface area contributed by atoms with Crippen LogP contribution in [0.3, 0.4) is 0 Å². The van der Waals surface area contributed by atoms with Crippen LogP contribution in [0, 0.1) is 6.92 Å². The Labute approximate surface area is 131 Å². The summed E-state index contributed by atoms with van der Waals surface area (Å²) in [4.78, 5) is 39.5. The van der Waals surface area contributed by atoms with Gasteiger partial charge in [0.1, 0.15) is 11.4 Å². The second kappa shape index (κ2) is 5.75. The molecule has 5 N–H and O–H groups in total. The van der Waals surface area contributed by atoms with Gasteiger partial charge in [0.05, 0.1) is 6.04 Å². The molecule has 1 heterocycles. The van der Waals surface area contributed by atoms with E-state index in [9.17, 15) is 14.4 Å². The summed E-state index contributed by atoms with van der Waals surface area (Å²) in [6.45, 7) is 2.03. The number of nitrogens with two attached hydrogens (primary N) is 1. The second-order valence-corrected chi connectivity index (χ2v) is 5.82. The predicted molar refractivity (Wildman–Crippen MR) is 86.4 cm³/mol. The molecule has 1 aromatic heterocycles. The van der Waals surface area contributed by atoms with E-state index in [1.807, 2.05) is 24.0 Å². The van der Waals surface area contributed by atoms with Crippen molar-refractivity contribution in [2.45, 2.75) is 32.2 Å². The summed E-state index contributed by atoms with van der Waals surface area (Å²) in [6.07, 6.45) is 2.74.